The van der Waals surface area contributed by atoms with Crippen molar-refractivity contribution in [3.05, 3.63) is 133 Å². The SMILES string of the molecule is [2H]c1cc2c(-c3cccc4ccccc34)c3cc([2H])c([2H])cc3c(-c3c([2H])c([2H])c([2H])c4c3oc3c([2H])c([2H])c([2H])c([2H])c34)c2cc1[2H]. The molecule has 8 aromatic rings. The first-order valence-corrected chi connectivity index (χ1v) is 11.8. The number of para-hydroxylation sites is 2. The lowest BCUT2D eigenvalue weighted by molar-refractivity contribution is 0.670. The van der Waals surface area contributed by atoms with Gasteiger partial charge in [0.2, 0.25) is 0 Å². The zero-order valence-corrected chi connectivity index (χ0v) is 19.3. The molecular weight excluding hydrogens is 448 g/mol. The fraction of sp³-hybridized carbons (Fsp3) is 0. The van der Waals surface area contributed by atoms with E-state index < -0.39 is 42.3 Å². The number of hydrogen-bond donors (Lipinski definition) is 0. The van der Waals surface area contributed by atoms with E-state index in [9.17, 15) is 1.37 Å². The van der Waals surface area contributed by atoms with E-state index in [1.165, 1.54) is 12.1 Å². The minimum atomic E-state index is -0.532. The van der Waals surface area contributed by atoms with Crippen LogP contribution >= 0.6 is 0 Å². The first-order chi connectivity index (χ1) is 22.9. The first-order valence-electron chi connectivity index (χ1n) is 17.3. The van der Waals surface area contributed by atoms with Gasteiger partial charge in [0.15, 0.2) is 0 Å². The summed E-state index contributed by atoms with van der Waals surface area (Å²) in [5.41, 5.74) is 1.39. The average Bonchev–Trinajstić information content (AvgIpc) is 3.47. The molecule has 0 bridgehead atoms. The molecule has 0 unspecified atom stereocenters. The van der Waals surface area contributed by atoms with Gasteiger partial charge in [0.05, 0.1) is 15.1 Å². The summed E-state index contributed by atoms with van der Waals surface area (Å²) in [6.07, 6.45) is 0. The van der Waals surface area contributed by atoms with Crippen LogP contribution in [0.25, 0.3) is 76.5 Å². The summed E-state index contributed by atoms with van der Waals surface area (Å²) in [6, 6.07) is 16.0. The van der Waals surface area contributed by atoms with Crippen molar-refractivity contribution in [3.8, 4) is 22.3 Å². The molecule has 0 spiro atoms. The van der Waals surface area contributed by atoms with Gasteiger partial charge in [-0.3, -0.25) is 0 Å². The summed E-state index contributed by atoms with van der Waals surface area (Å²) in [6.45, 7) is 0. The molecule has 1 heterocycles. The Labute approximate surface area is 229 Å². The molecule has 172 valence electrons. The second-order valence-corrected chi connectivity index (χ2v) is 8.85. The Bertz CT molecular complexity index is 2670. The van der Waals surface area contributed by atoms with E-state index in [1.807, 2.05) is 42.5 Å². The van der Waals surface area contributed by atoms with Crippen LogP contribution in [0, 0.1) is 0 Å². The smallest absolute Gasteiger partial charge is 0.143 e. The lowest BCUT2D eigenvalue weighted by atomic mass is 9.84. The summed E-state index contributed by atoms with van der Waals surface area (Å²) in [5, 5.41) is 3.54. The standard InChI is InChI=1S/C36H22O/c1-2-13-24-23(11-1)12-9-19-26(24)34-27-15-3-5-17-29(27)35(30-18-6-4-16-28(30)34)32-21-10-20-31-25-14-7-8-22-33(25)37-36(31)32/h1-22H/i3D,4D,5D,6D,7D,8D,10D,14D,20D,21D,22D. The van der Waals surface area contributed by atoms with Crippen molar-refractivity contribution in [2.24, 2.45) is 0 Å². The van der Waals surface area contributed by atoms with Gasteiger partial charge in [-0.15, -0.1) is 0 Å². The fourth-order valence-electron chi connectivity index (χ4n) is 5.39. The van der Waals surface area contributed by atoms with Crippen LogP contribution in [0.15, 0.2) is 138 Å². The molecule has 1 nitrogen and oxygen atoms in total. The summed E-state index contributed by atoms with van der Waals surface area (Å²) < 4.78 is 101. The van der Waals surface area contributed by atoms with Crippen molar-refractivity contribution in [2.45, 2.75) is 0 Å². The molecule has 7 aromatic carbocycles. The van der Waals surface area contributed by atoms with Gasteiger partial charge in [0, 0.05) is 21.9 Å². The van der Waals surface area contributed by atoms with Crippen molar-refractivity contribution in [3.63, 3.8) is 0 Å². The second-order valence-electron chi connectivity index (χ2n) is 8.85. The van der Waals surface area contributed by atoms with Gasteiger partial charge in [-0.25, -0.2) is 0 Å². The Morgan fingerprint density at radius 2 is 1.05 bits per heavy atom. The molecule has 0 atom stereocenters. The minimum Gasteiger partial charge on any atom is -0.455 e. The van der Waals surface area contributed by atoms with Gasteiger partial charge in [0.25, 0.3) is 0 Å². The maximum absolute atomic E-state index is 9.19. The van der Waals surface area contributed by atoms with Gasteiger partial charge in [-0.1, -0.05) is 127 Å². The van der Waals surface area contributed by atoms with E-state index in [-0.39, 0.29) is 57.2 Å². The van der Waals surface area contributed by atoms with Gasteiger partial charge < -0.3 is 4.42 Å². The maximum atomic E-state index is 9.19. The highest BCUT2D eigenvalue weighted by molar-refractivity contribution is 6.25. The Morgan fingerprint density at radius 3 is 1.81 bits per heavy atom. The molecule has 1 aromatic heterocycles. The summed E-state index contributed by atoms with van der Waals surface area (Å²) >= 11 is 0. The highest BCUT2D eigenvalue weighted by Crippen LogP contribution is 2.47. The molecular formula is C36H22O. The van der Waals surface area contributed by atoms with E-state index in [1.54, 1.807) is 12.1 Å². The molecule has 0 saturated carbocycles. The molecule has 0 amide bonds. The highest BCUT2D eigenvalue weighted by atomic mass is 16.3. The predicted octanol–water partition coefficient (Wildman–Crippen LogP) is 10.4. The second kappa shape index (κ2) is 7.81. The molecule has 0 aliphatic carbocycles. The van der Waals surface area contributed by atoms with Crippen LogP contribution in [0.3, 0.4) is 0 Å². The minimum absolute atomic E-state index is 0.00721. The van der Waals surface area contributed by atoms with Crippen LogP contribution in [0.5, 0.6) is 0 Å². The van der Waals surface area contributed by atoms with E-state index in [0.29, 0.717) is 27.1 Å². The van der Waals surface area contributed by atoms with Crippen molar-refractivity contribution in [2.75, 3.05) is 0 Å². The van der Waals surface area contributed by atoms with Crippen LogP contribution in [0.2, 0.25) is 0 Å². The monoisotopic (exact) mass is 481 g/mol. The predicted molar refractivity (Wildman–Crippen MR) is 157 cm³/mol. The maximum Gasteiger partial charge on any atom is 0.143 e. The zero-order valence-electron chi connectivity index (χ0n) is 30.3. The van der Waals surface area contributed by atoms with Crippen molar-refractivity contribution in [1.82, 2.24) is 0 Å². The van der Waals surface area contributed by atoms with Crippen LogP contribution in [-0.4, -0.2) is 0 Å². The van der Waals surface area contributed by atoms with Gasteiger partial charge in [-0.2, -0.15) is 0 Å². The molecule has 0 saturated heterocycles. The van der Waals surface area contributed by atoms with E-state index >= 15 is 0 Å². The normalized spacial score (nSPS) is 15.9. The largest absolute Gasteiger partial charge is 0.455 e. The average molecular weight is 482 g/mol. The fourth-order valence-corrected chi connectivity index (χ4v) is 5.39. The summed E-state index contributed by atoms with van der Waals surface area (Å²) in [7, 11) is 0. The Hall–Kier alpha value is -4.88. The zero-order chi connectivity index (χ0) is 33.9. The number of benzene rings is 7. The van der Waals surface area contributed by atoms with Crippen molar-refractivity contribution < 1.29 is 19.5 Å². The third-order valence-corrected chi connectivity index (χ3v) is 6.94. The third kappa shape index (κ3) is 2.92. The lowest BCUT2D eigenvalue weighted by Crippen LogP contribution is -1.91. The van der Waals surface area contributed by atoms with E-state index in [2.05, 4.69) is 0 Å². The van der Waals surface area contributed by atoms with E-state index in [4.69, 9.17) is 18.1 Å². The lowest BCUT2D eigenvalue weighted by Gasteiger charge is -2.18. The van der Waals surface area contributed by atoms with Crippen LogP contribution in [0.4, 0.5) is 0 Å². The van der Waals surface area contributed by atoms with Crippen LogP contribution < -0.4 is 0 Å². The summed E-state index contributed by atoms with van der Waals surface area (Å²) in [4.78, 5) is 0. The first kappa shape index (κ1) is 12.4. The molecule has 0 fully saturated rings. The number of fused-ring (bicyclic) bond motifs is 6. The van der Waals surface area contributed by atoms with Gasteiger partial charge in [0.1, 0.15) is 11.2 Å². The number of furan rings is 1. The van der Waals surface area contributed by atoms with Gasteiger partial charge in [-0.05, 0) is 49.5 Å². The molecule has 0 aliphatic rings. The molecule has 8 rings (SSSR count). The van der Waals surface area contributed by atoms with Crippen molar-refractivity contribution in [1.29, 1.82) is 0 Å². The molecule has 0 aliphatic heterocycles. The molecule has 0 radical (unpaired) electrons. The number of hydrogen-bond acceptors (Lipinski definition) is 1. The van der Waals surface area contributed by atoms with Crippen LogP contribution in [0.1, 0.15) is 15.1 Å². The van der Waals surface area contributed by atoms with E-state index in [0.717, 1.165) is 16.3 Å². The molecule has 1 heteroatoms. The Morgan fingerprint density at radius 1 is 0.432 bits per heavy atom. The highest BCUT2D eigenvalue weighted by Gasteiger charge is 2.20. The quantitative estimate of drug-likeness (QED) is 0.224. The summed E-state index contributed by atoms with van der Waals surface area (Å²) in [5.74, 6) is 0. The Balaban J connectivity index is 1.68. The third-order valence-electron chi connectivity index (χ3n) is 6.94. The number of rotatable bonds is 2. The Kier molecular flexibility index (Phi) is 2.61. The molecule has 0 N–H and O–H groups in total. The van der Waals surface area contributed by atoms with Crippen molar-refractivity contribution >= 4 is 54.3 Å². The molecule has 37 heavy (non-hydrogen) atoms. The van der Waals surface area contributed by atoms with Gasteiger partial charge >= 0.3 is 0 Å². The van der Waals surface area contributed by atoms with Crippen LogP contribution in [-0.2, 0) is 0 Å². The topological polar surface area (TPSA) is 13.1 Å².